The molecule has 0 spiro atoms. The van der Waals surface area contributed by atoms with E-state index in [1.165, 1.54) is 0 Å². The highest BCUT2D eigenvalue weighted by atomic mass is 16.3. The van der Waals surface area contributed by atoms with E-state index in [9.17, 15) is 15.0 Å². The average molecular weight is 286 g/mol. The summed E-state index contributed by atoms with van der Waals surface area (Å²) in [5.74, 6) is -0.325. The molecule has 2 atom stereocenters. The van der Waals surface area contributed by atoms with Crippen LogP contribution in [0.15, 0.2) is 60.7 Å². The van der Waals surface area contributed by atoms with Crippen molar-refractivity contribution < 1.29 is 15.0 Å². The maximum atomic E-state index is 11.9. The second kappa shape index (κ2) is 7.54. The van der Waals surface area contributed by atoms with Gasteiger partial charge in [0.25, 0.3) is 5.91 Å². The zero-order valence-electron chi connectivity index (χ0n) is 11.4. The molecule has 0 unspecified atom stereocenters. The molecule has 0 aliphatic rings. The summed E-state index contributed by atoms with van der Waals surface area (Å²) in [7, 11) is 0. The van der Waals surface area contributed by atoms with Crippen LogP contribution in [0.3, 0.4) is 0 Å². The Morgan fingerprint density at radius 3 is 2.14 bits per heavy atom. The van der Waals surface area contributed by atoms with Crippen LogP contribution in [0.4, 0.5) is 0 Å². The Morgan fingerprint density at radius 2 is 1.57 bits per heavy atom. The number of carbonyl (C=O) groups excluding carboxylic acids is 1. The normalized spacial score (nSPS) is 13.4. The summed E-state index contributed by atoms with van der Waals surface area (Å²) in [5, 5.41) is 19.6. The van der Waals surface area contributed by atoms with Gasteiger partial charge in [0.1, 0.15) is 0 Å². The lowest BCUT2D eigenvalue weighted by Crippen LogP contribution is -2.48. The van der Waals surface area contributed by atoms with E-state index in [0.717, 1.165) is 0 Å². The van der Waals surface area contributed by atoms with Crippen molar-refractivity contribution in [2.45, 2.75) is 12.1 Å². The molecule has 0 saturated carbocycles. The second-order valence-corrected chi connectivity index (χ2v) is 4.61. The molecule has 21 heavy (non-hydrogen) atoms. The summed E-state index contributed by atoms with van der Waals surface area (Å²) in [6, 6.07) is 17.0. The number of nitrogens with one attached hydrogen (secondary N) is 2. The topological polar surface area (TPSA) is 81.6 Å². The quantitative estimate of drug-likeness (QED) is 0.598. The molecule has 0 aliphatic heterocycles. The fraction of sp³-hybridized carbons (Fsp3) is 0.188. The number of rotatable bonds is 6. The number of aliphatic hydroxyl groups excluding tert-OH is 2. The first kappa shape index (κ1) is 15.2. The lowest BCUT2D eigenvalue weighted by molar-refractivity contribution is 0.0722. The number of carbonyl (C=O) groups is 1. The van der Waals surface area contributed by atoms with Crippen LogP contribution in [0.2, 0.25) is 0 Å². The van der Waals surface area contributed by atoms with Crippen molar-refractivity contribution in [3.05, 3.63) is 71.8 Å². The molecule has 0 radical (unpaired) electrons. The van der Waals surface area contributed by atoms with Gasteiger partial charge in [-0.2, -0.15) is 0 Å². The van der Waals surface area contributed by atoms with Crippen molar-refractivity contribution in [2.75, 3.05) is 6.61 Å². The maximum absolute atomic E-state index is 11.9. The predicted octanol–water partition coefficient (Wildman–Crippen LogP) is 1.02. The summed E-state index contributed by atoms with van der Waals surface area (Å²) in [4.78, 5) is 11.9. The first-order valence-corrected chi connectivity index (χ1v) is 6.67. The SMILES string of the molecule is O=C(NN[C@@H](CO)[C@@H](O)c1ccccc1)c1ccccc1. The third-order valence-electron chi connectivity index (χ3n) is 3.13. The van der Waals surface area contributed by atoms with Gasteiger partial charge in [-0.3, -0.25) is 10.2 Å². The second-order valence-electron chi connectivity index (χ2n) is 4.61. The molecule has 0 fully saturated rings. The van der Waals surface area contributed by atoms with E-state index >= 15 is 0 Å². The number of hydrogen-bond acceptors (Lipinski definition) is 4. The highest BCUT2D eigenvalue weighted by Gasteiger charge is 2.20. The van der Waals surface area contributed by atoms with E-state index in [-0.39, 0.29) is 12.5 Å². The van der Waals surface area contributed by atoms with Gasteiger partial charge in [0.2, 0.25) is 0 Å². The van der Waals surface area contributed by atoms with E-state index in [0.29, 0.717) is 11.1 Å². The number of hydrazine groups is 1. The van der Waals surface area contributed by atoms with Gasteiger partial charge in [-0.25, -0.2) is 5.43 Å². The average Bonchev–Trinajstić information content (AvgIpc) is 2.56. The number of hydrogen-bond donors (Lipinski definition) is 4. The molecule has 5 nitrogen and oxygen atoms in total. The Hall–Kier alpha value is -2.21. The molecular weight excluding hydrogens is 268 g/mol. The zero-order valence-corrected chi connectivity index (χ0v) is 11.4. The molecular formula is C16H18N2O3. The Bertz CT molecular complexity index is 560. The molecule has 0 aromatic heterocycles. The van der Waals surface area contributed by atoms with E-state index < -0.39 is 12.1 Å². The molecule has 0 aliphatic carbocycles. The van der Waals surface area contributed by atoms with Crippen LogP contribution in [0.25, 0.3) is 0 Å². The fourth-order valence-electron chi connectivity index (χ4n) is 1.93. The van der Waals surface area contributed by atoms with Crippen LogP contribution in [0.5, 0.6) is 0 Å². The Labute approximate surface area is 123 Å². The standard InChI is InChI=1S/C16H18N2O3/c19-11-14(15(20)12-7-3-1-4-8-12)17-18-16(21)13-9-5-2-6-10-13/h1-10,14-15,17,19-20H,11H2,(H,18,21)/t14-,15-/m0/s1. The lowest BCUT2D eigenvalue weighted by Gasteiger charge is -2.22. The van der Waals surface area contributed by atoms with Crippen LogP contribution in [-0.4, -0.2) is 28.8 Å². The molecule has 4 N–H and O–H groups in total. The number of aliphatic hydroxyl groups is 2. The van der Waals surface area contributed by atoms with E-state index in [2.05, 4.69) is 10.9 Å². The Morgan fingerprint density at radius 1 is 1.00 bits per heavy atom. The van der Waals surface area contributed by atoms with Gasteiger partial charge in [-0.15, -0.1) is 0 Å². The molecule has 2 aromatic rings. The maximum Gasteiger partial charge on any atom is 0.265 e. The van der Waals surface area contributed by atoms with Crippen molar-refractivity contribution in [3.8, 4) is 0 Å². The summed E-state index contributed by atoms with van der Waals surface area (Å²) in [5.41, 5.74) is 6.32. The first-order valence-electron chi connectivity index (χ1n) is 6.67. The van der Waals surface area contributed by atoms with Gasteiger partial charge in [0, 0.05) is 5.56 Å². The summed E-state index contributed by atoms with van der Waals surface area (Å²) < 4.78 is 0. The van der Waals surface area contributed by atoms with Crippen LogP contribution >= 0.6 is 0 Å². The van der Waals surface area contributed by atoms with Gasteiger partial charge in [-0.1, -0.05) is 48.5 Å². The largest absolute Gasteiger partial charge is 0.395 e. The van der Waals surface area contributed by atoms with E-state index in [4.69, 9.17) is 0 Å². The van der Waals surface area contributed by atoms with Crippen molar-refractivity contribution in [2.24, 2.45) is 0 Å². The van der Waals surface area contributed by atoms with Gasteiger partial charge >= 0.3 is 0 Å². The summed E-state index contributed by atoms with van der Waals surface area (Å²) in [6.07, 6.45) is -0.924. The highest BCUT2D eigenvalue weighted by Crippen LogP contribution is 2.15. The molecule has 1 amide bonds. The van der Waals surface area contributed by atoms with Crippen molar-refractivity contribution >= 4 is 5.91 Å². The minimum atomic E-state index is -0.924. The molecule has 5 heteroatoms. The Kier molecular flexibility index (Phi) is 5.45. The summed E-state index contributed by atoms with van der Waals surface area (Å²) in [6.45, 7) is -0.314. The Balaban J connectivity index is 1.95. The van der Waals surface area contributed by atoms with Crippen LogP contribution in [0, 0.1) is 0 Å². The van der Waals surface area contributed by atoms with Crippen LogP contribution in [-0.2, 0) is 0 Å². The van der Waals surface area contributed by atoms with E-state index in [1.54, 1.807) is 48.5 Å². The van der Waals surface area contributed by atoms with Crippen molar-refractivity contribution in [3.63, 3.8) is 0 Å². The van der Waals surface area contributed by atoms with Gasteiger partial charge in [-0.05, 0) is 17.7 Å². The van der Waals surface area contributed by atoms with Gasteiger partial charge < -0.3 is 10.2 Å². The van der Waals surface area contributed by atoms with Crippen molar-refractivity contribution in [1.82, 2.24) is 10.9 Å². The van der Waals surface area contributed by atoms with Gasteiger partial charge in [0.05, 0.1) is 18.8 Å². The van der Waals surface area contributed by atoms with Crippen LogP contribution in [0.1, 0.15) is 22.0 Å². The highest BCUT2D eigenvalue weighted by molar-refractivity contribution is 5.93. The molecule has 0 heterocycles. The minimum absolute atomic E-state index is 0.314. The predicted molar refractivity (Wildman–Crippen MR) is 79.3 cm³/mol. The van der Waals surface area contributed by atoms with Gasteiger partial charge in [0.15, 0.2) is 0 Å². The third-order valence-corrected chi connectivity index (χ3v) is 3.13. The third kappa shape index (κ3) is 4.13. The monoisotopic (exact) mass is 286 g/mol. The van der Waals surface area contributed by atoms with Crippen molar-refractivity contribution in [1.29, 1.82) is 0 Å². The molecule has 2 rings (SSSR count). The smallest absolute Gasteiger partial charge is 0.265 e. The van der Waals surface area contributed by atoms with E-state index in [1.807, 2.05) is 12.1 Å². The number of amides is 1. The molecule has 110 valence electrons. The zero-order chi connectivity index (χ0) is 15.1. The number of benzene rings is 2. The molecule has 0 saturated heterocycles. The minimum Gasteiger partial charge on any atom is -0.395 e. The lowest BCUT2D eigenvalue weighted by atomic mass is 10.0. The van der Waals surface area contributed by atoms with Crippen LogP contribution < -0.4 is 10.9 Å². The summed E-state index contributed by atoms with van der Waals surface area (Å²) >= 11 is 0. The first-order chi connectivity index (χ1) is 10.2. The molecule has 0 bridgehead atoms. The molecule has 2 aromatic carbocycles. The fourth-order valence-corrected chi connectivity index (χ4v) is 1.93.